The van der Waals surface area contributed by atoms with E-state index in [2.05, 4.69) is 65.7 Å². The van der Waals surface area contributed by atoms with Gasteiger partial charge in [0.1, 0.15) is 0 Å². The molecule has 2 heteroatoms. The molecule has 0 aliphatic carbocycles. The minimum absolute atomic E-state index is 0.992. The maximum atomic E-state index is 3.53. The van der Waals surface area contributed by atoms with E-state index in [9.17, 15) is 0 Å². The van der Waals surface area contributed by atoms with Gasteiger partial charge in [-0.05, 0) is 37.0 Å². The monoisotopic (exact) mass is 280 g/mol. The van der Waals surface area contributed by atoms with Crippen LogP contribution in [0.3, 0.4) is 0 Å². The van der Waals surface area contributed by atoms with Crippen LogP contribution in [0.15, 0.2) is 48.5 Å². The topological polar surface area (TPSA) is 15.3 Å². The van der Waals surface area contributed by atoms with Gasteiger partial charge in [-0.15, -0.1) is 0 Å². The molecule has 21 heavy (non-hydrogen) atoms. The van der Waals surface area contributed by atoms with Crippen molar-refractivity contribution >= 4 is 5.69 Å². The highest BCUT2D eigenvalue weighted by Crippen LogP contribution is 2.24. The van der Waals surface area contributed by atoms with E-state index in [0.717, 1.165) is 32.6 Å². The second-order valence-electron chi connectivity index (χ2n) is 5.89. The number of aryl methyl sites for hydroxylation is 2. The van der Waals surface area contributed by atoms with Crippen LogP contribution in [0.1, 0.15) is 23.1 Å². The molecule has 2 aromatic rings. The molecule has 2 nitrogen and oxygen atoms in total. The van der Waals surface area contributed by atoms with Crippen LogP contribution in [-0.2, 0) is 13.0 Å². The molecule has 3 rings (SSSR count). The first-order valence-corrected chi connectivity index (χ1v) is 7.92. The normalized spacial score (nSPS) is 14.6. The van der Waals surface area contributed by atoms with Gasteiger partial charge in [0.05, 0.1) is 0 Å². The molecular formula is C19H24N2. The first-order chi connectivity index (χ1) is 10.3. The molecule has 0 radical (unpaired) electrons. The second kappa shape index (κ2) is 6.77. The summed E-state index contributed by atoms with van der Waals surface area (Å²) < 4.78 is 0. The van der Waals surface area contributed by atoms with E-state index >= 15 is 0 Å². The van der Waals surface area contributed by atoms with E-state index in [1.54, 1.807) is 0 Å². The molecule has 0 unspecified atom stereocenters. The van der Waals surface area contributed by atoms with Crippen molar-refractivity contribution < 1.29 is 0 Å². The van der Waals surface area contributed by atoms with Gasteiger partial charge in [-0.25, -0.2) is 0 Å². The van der Waals surface area contributed by atoms with Crippen molar-refractivity contribution in [3.05, 3.63) is 65.2 Å². The summed E-state index contributed by atoms with van der Waals surface area (Å²) >= 11 is 0. The lowest BCUT2D eigenvalue weighted by atomic mass is 10.1. The highest BCUT2D eigenvalue weighted by Gasteiger charge is 2.14. The van der Waals surface area contributed by atoms with E-state index in [0.29, 0.717) is 0 Å². The molecule has 2 aromatic carbocycles. The molecule has 0 saturated carbocycles. The fourth-order valence-electron chi connectivity index (χ4n) is 3.07. The standard InChI is InChI=1S/C19H24N2/c1-16-9-10-19-18(14-16)15-20-11-13-21(19)12-5-8-17-6-3-2-4-7-17/h2-4,6-7,9-10,14,20H,5,8,11-13,15H2,1H3. The van der Waals surface area contributed by atoms with E-state index in [-0.39, 0.29) is 0 Å². The smallest absolute Gasteiger partial charge is 0.0412 e. The van der Waals surface area contributed by atoms with Crippen LogP contribution in [0.4, 0.5) is 5.69 Å². The summed E-state index contributed by atoms with van der Waals surface area (Å²) in [5.41, 5.74) is 5.64. The minimum atomic E-state index is 0.992. The fourth-order valence-corrected chi connectivity index (χ4v) is 3.07. The molecule has 0 aromatic heterocycles. The summed E-state index contributed by atoms with van der Waals surface area (Å²) in [5, 5.41) is 3.53. The van der Waals surface area contributed by atoms with Crippen LogP contribution in [0.25, 0.3) is 0 Å². The van der Waals surface area contributed by atoms with Crippen molar-refractivity contribution in [2.75, 3.05) is 24.5 Å². The van der Waals surface area contributed by atoms with Crippen molar-refractivity contribution in [2.45, 2.75) is 26.3 Å². The molecule has 0 atom stereocenters. The third-order valence-electron chi connectivity index (χ3n) is 4.19. The average Bonchev–Trinajstić information content (AvgIpc) is 2.70. The number of benzene rings is 2. The molecule has 1 aliphatic rings. The lowest BCUT2D eigenvalue weighted by Gasteiger charge is -2.25. The van der Waals surface area contributed by atoms with Gasteiger partial charge >= 0.3 is 0 Å². The Kier molecular flexibility index (Phi) is 4.56. The zero-order chi connectivity index (χ0) is 14.5. The van der Waals surface area contributed by atoms with Gasteiger partial charge in [0.25, 0.3) is 0 Å². The molecule has 1 aliphatic heterocycles. The summed E-state index contributed by atoms with van der Waals surface area (Å²) in [4.78, 5) is 2.54. The van der Waals surface area contributed by atoms with Gasteiger partial charge in [-0.2, -0.15) is 0 Å². The molecule has 0 fully saturated rings. The van der Waals surface area contributed by atoms with Crippen LogP contribution in [-0.4, -0.2) is 19.6 Å². The Morgan fingerprint density at radius 2 is 1.95 bits per heavy atom. The third kappa shape index (κ3) is 3.64. The lowest BCUT2D eigenvalue weighted by Crippen LogP contribution is -2.29. The van der Waals surface area contributed by atoms with Crippen LogP contribution in [0.2, 0.25) is 0 Å². The predicted octanol–water partition coefficient (Wildman–Crippen LogP) is 3.54. The molecule has 1 N–H and O–H groups in total. The van der Waals surface area contributed by atoms with Gasteiger partial charge in [0.2, 0.25) is 0 Å². The Labute approximate surface area is 127 Å². The molecule has 1 heterocycles. The van der Waals surface area contributed by atoms with Crippen LogP contribution >= 0.6 is 0 Å². The predicted molar refractivity (Wildman–Crippen MR) is 89.9 cm³/mol. The van der Waals surface area contributed by atoms with Crippen LogP contribution in [0, 0.1) is 6.92 Å². The van der Waals surface area contributed by atoms with Crippen LogP contribution < -0.4 is 10.2 Å². The van der Waals surface area contributed by atoms with Gasteiger partial charge < -0.3 is 10.2 Å². The summed E-state index contributed by atoms with van der Waals surface area (Å²) in [5.74, 6) is 0. The van der Waals surface area contributed by atoms with Crippen molar-refractivity contribution in [1.29, 1.82) is 0 Å². The zero-order valence-electron chi connectivity index (χ0n) is 12.8. The van der Waals surface area contributed by atoms with Gasteiger partial charge in [-0.3, -0.25) is 0 Å². The molecule has 0 saturated heterocycles. The second-order valence-corrected chi connectivity index (χ2v) is 5.89. The minimum Gasteiger partial charge on any atom is -0.370 e. The third-order valence-corrected chi connectivity index (χ3v) is 4.19. The molecular weight excluding hydrogens is 256 g/mol. The first kappa shape index (κ1) is 14.2. The van der Waals surface area contributed by atoms with Gasteiger partial charge in [0.15, 0.2) is 0 Å². The quantitative estimate of drug-likeness (QED) is 0.921. The number of hydrogen-bond donors (Lipinski definition) is 1. The van der Waals surface area contributed by atoms with E-state index in [4.69, 9.17) is 0 Å². The molecule has 0 amide bonds. The summed E-state index contributed by atoms with van der Waals surface area (Å²) in [6, 6.07) is 17.6. The number of anilines is 1. The van der Waals surface area contributed by atoms with E-state index < -0.39 is 0 Å². The van der Waals surface area contributed by atoms with Crippen molar-refractivity contribution in [1.82, 2.24) is 5.32 Å². The first-order valence-electron chi connectivity index (χ1n) is 7.92. The van der Waals surface area contributed by atoms with Crippen molar-refractivity contribution in [2.24, 2.45) is 0 Å². The average molecular weight is 280 g/mol. The molecule has 0 bridgehead atoms. The fraction of sp³-hybridized carbons (Fsp3) is 0.368. The van der Waals surface area contributed by atoms with Crippen molar-refractivity contribution in [3.8, 4) is 0 Å². The summed E-state index contributed by atoms with van der Waals surface area (Å²) in [6.45, 7) is 6.47. The maximum Gasteiger partial charge on any atom is 0.0412 e. The van der Waals surface area contributed by atoms with E-state index in [1.807, 2.05) is 0 Å². The van der Waals surface area contributed by atoms with Crippen molar-refractivity contribution in [3.63, 3.8) is 0 Å². The van der Waals surface area contributed by atoms with Gasteiger partial charge in [-0.1, -0.05) is 48.0 Å². The number of nitrogens with zero attached hydrogens (tertiary/aromatic N) is 1. The maximum absolute atomic E-state index is 3.53. The molecule has 110 valence electrons. The SMILES string of the molecule is Cc1ccc2c(c1)CNCCN2CCCc1ccccc1. The zero-order valence-corrected chi connectivity index (χ0v) is 12.8. The number of fused-ring (bicyclic) bond motifs is 1. The van der Waals surface area contributed by atoms with Crippen LogP contribution in [0.5, 0.6) is 0 Å². The molecule has 0 spiro atoms. The highest BCUT2D eigenvalue weighted by atomic mass is 15.2. The van der Waals surface area contributed by atoms with E-state index in [1.165, 1.54) is 28.8 Å². The largest absolute Gasteiger partial charge is 0.370 e. The lowest BCUT2D eigenvalue weighted by molar-refractivity contribution is 0.674. The Bertz CT molecular complexity index is 577. The number of hydrogen-bond acceptors (Lipinski definition) is 2. The Morgan fingerprint density at radius 3 is 2.81 bits per heavy atom. The summed E-state index contributed by atoms with van der Waals surface area (Å²) in [7, 11) is 0. The Balaban J connectivity index is 1.65. The number of nitrogens with one attached hydrogen (secondary N) is 1. The van der Waals surface area contributed by atoms with Gasteiger partial charge in [0, 0.05) is 31.9 Å². The Morgan fingerprint density at radius 1 is 1.10 bits per heavy atom. The summed E-state index contributed by atoms with van der Waals surface area (Å²) in [6.07, 6.45) is 2.36. The number of rotatable bonds is 4. The highest BCUT2D eigenvalue weighted by molar-refractivity contribution is 5.55. The Hall–Kier alpha value is -1.80.